The van der Waals surface area contributed by atoms with Crippen LogP contribution in [0, 0.1) is 20.8 Å². The van der Waals surface area contributed by atoms with E-state index < -0.39 is 0 Å². The van der Waals surface area contributed by atoms with Gasteiger partial charge in [-0.3, -0.25) is 0 Å². The number of hydrogen-bond donors (Lipinski definition) is 0. The monoisotopic (exact) mass is 214 g/mol. The van der Waals surface area contributed by atoms with Crippen molar-refractivity contribution in [2.75, 3.05) is 14.2 Å². The summed E-state index contributed by atoms with van der Waals surface area (Å²) >= 11 is 6.16. The van der Waals surface area contributed by atoms with Crippen LogP contribution in [0.15, 0.2) is 0 Å². The maximum atomic E-state index is 6.16. The molecule has 78 valence electrons. The Balaban J connectivity index is 3.57. The first kappa shape index (κ1) is 11.2. The van der Waals surface area contributed by atoms with Crippen molar-refractivity contribution < 1.29 is 9.47 Å². The van der Waals surface area contributed by atoms with Crippen LogP contribution in [0.3, 0.4) is 0 Å². The minimum atomic E-state index is 0.723. The standard InChI is InChI=1S/C11H15ClO2/c1-6-7(2)10(13-4)11(14-5)8(3)9(6)12/h1-5H3. The molecule has 0 radical (unpaired) electrons. The van der Waals surface area contributed by atoms with Crippen molar-refractivity contribution in [3.63, 3.8) is 0 Å². The Morgan fingerprint density at radius 1 is 0.786 bits per heavy atom. The number of rotatable bonds is 2. The Bertz CT molecular complexity index is 324. The van der Waals surface area contributed by atoms with Gasteiger partial charge in [-0.2, -0.15) is 0 Å². The van der Waals surface area contributed by atoms with Crippen LogP contribution in [0.2, 0.25) is 5.02 Å². The first-order valence-electron chi connectivity index (χ1n) is 4.41. The van der Waals surface area contributed by atoms with Crippen LogP contribution in [0.1, 0.15) is 16.7 Å². The summed E-state index contributed by atoms with van der Waals surface area (Å²) in [5.41, 5.74) is 3.00. The number of benzene rings is 1. The van der Waals surface area contributed by atoms with Gasteiger partial charge in [0.15, 0.2) is 11.5 Å². The van der Waals surface area contributed by atoms with Gasteiger partial charge in [0.25, 0.3) is 0 Å². The van der Waals surface area contributed by atoms with Crippen molar-refractivity contribution in [1.82, 2.24) is 0 Å². The molecule has 0 aromatic heterocycles. The van der Waals surface area contributed by atoms with E-state index >= 15 is 0 Å². The first-order chi connectivity index (χ1) is 6.54. The molecule has 0 fully saturated rings. The van der Waals surface area contributed by atoms with E-state index in [1.165, 1.54) is 0 Å². The second-order valence-corrected chi connectivity index (χ2v) is 3.63. The lowest BCUT2D eigenvalue weighted by atomic mass is 10.0. The summed E-state index contributed by atoms with van der Waals surface area (Å²) in [4.78, 5) is 0. The Hall–Kier alpha value is -0.890. The molecule has 0 saturated heterocycles. The molecule has 0 saturated carbocycles. The third kappa shape index (κ3) is 1.55. The molecule has 14 heavy (non-hydrogen) atoms. The highest BCUT2D eigenvalue weighted by Gasteiger charge is 2.16. The van der Waals surface area contributed by atoms with Crippen molar-refractivity contribution in [3.05, 3.63) is 21.7 Å². The molecule has 0 aliphatic carbocycles. The molecular weight excluding hydrogens is 200 g/mol. The minimum absolute atomic E-state index is 0.723. The van der Waals surface area contributed by atoms with E-state index in [1.54, 1.807) is 14.2 Å². The second kappa shape index (κ2) is 4.09. The molecule has 3 heteroatoms. The average Bonchev–Trinajstić information content (AvgIpc) is 2.20. The lowest BCUT2D eigenvalue weighted by molar-refractivity contribution is 0.350. The highest BCUT2D eigenvalue weighted by molar-refractivity contribution is 6.32. The third-order valence-corrected chi connectivity index (χ3v) is 3.08. The summed E-state index contributed by atoms with van der Waals surface area (Å²) in [6.45, 7) is 5.88. The summed E-state index contributed by atoms with van der Waals surface area (Å²) in [5, 5.41) is 0.750. The van der Waals surface area contributed by atoms with Gasteiger partial charge >= 0.3 is 0 Å². The quantitative estimate of drug-likeness (QED) is 0.752. The molecule has 0 aliphatic heterocycles. The van der Waals surface area contributed by atoms with Crippen LogP contribution in [0.5, 0.6) is 11.5 Å². The molecule has 0 unspecified atom stereocenters. The molecular formula is C11H15ClO2. The highest BCUT2D eigenvalue weighted by atomic mass is 35.5. The first-order valence-corrected chi connectivity index (χ1v) is 4.79. The lowest BCUT2D eigenvalue weighted by Gasteiger charge is -2.17. The fourth-order valence-electron chi connectivity index (χ4n) is 1.55. The van der Waals surface area contributed by atoms with Gasteiger partial charge in [-0.05, 0) is 31.9 Å². The van der Waals surface area contributed by atoms with E-state index in [1.807, 2.05) is 20.8 Å². The Kier molecular flexibility index (Phi) is 3.27. The number of hydrogen-bond acceptors (Lipinski definition) is 2. The maximum absolute atomic E-state index is 6.16. The predicted molar refractivity (Wildman–Crippen MR) is 58.8 cm³/mol. The van der Waals surface area contributed by atoms with E-state index in [2.05, 4.69) is 0 Å². The Labute approximate surface area is 89.8 Å². The predicted octanol–water partition coefficient (Wildman–Crippen LogP) is 3.28. The molecule has 2 nitrogen and oxygen atoms in total. The lowest BCUT2D eigenvalue weighted by Crippen LogP contribution is -1.99. The van der Waals surface area contributed by atoms with Crippen molar-refractivity contribution in [1.29, 1.82) is 0 Å². The summed E-state index contributed by atoms with van der Waals surface area (Å²) < 4.78 is 10.6. The van der Waals surface area contributed by atoms with Gasteiger partial charge in [0.05, 0.1) is 19.2 Å². The van der Waals surface area contributed by atoms with Gasteiger partial charge in [-0.25, -0.2) is 0 Å². The van der Waals surface area contributed by atoms with Crippen molar-refractivity contribution in [3.8, 4) is 11.5 Å². The molecule has 0 bridgehead atoms. The van der Waals surface area contributed by atoms with E-state index in [0.29, 0.717) is 0 Å². The van der Waals surface area contributed by atoms with Gasteiger partial charge < -0.3 is 9.47 Å². The van der Waals surface area contributed by atoms with E-state index in [0.717, 1.165) is 33.2 Å². The zero-order valence-corrected chi connectivity index (χ0v) is 9.95. The molecule has 0 N–H and O–H groups in total. The SMILES string of the molecule is COc1c(C)c(C)c(Cl)c(C)c1OC. The van der Waals surface area contributed by atoms with Crippen LogP contribution >= 0.6 is 11.6 Å². The van der Waals surface area contributed by atoms with Crippen LogP contribution in [0.4, 0.5) is 0 Å². The molecule has 1 aromatic rings. The number of halogens is 1. The molecule has 1 rings (SSSR count). The third-order valence-electron chi connectivity index (χ3n) is 2.52. The van der Waals surface area contributed by atoms with E-state index in [-0.39, 0.29) is 0 Å². The summed E-state index contributed by atoms with van der Waals surface area (Å²) in [5.74, 6) is 1.49. The van der Waals surface area contributed by atoms with Gasteiger partial charge in [-0.15, -0.1) is 0 Å². The second-order valence-electron chi connectivity index (χ2n) is 3.26. The van der Waals surface area contributed by atoms with Crippen LogP contribution < -0.4 is 9.47 Å². The van der Waals surface area contributed by atoms with Crippen LogP contribution in [-0.4, -0.2) is 14.2 Å². The molecule has 1 aromatic carbocycles. The largest absolute Gasteiger partial charge is 0.493 e. The normalized spacial score (nSPS) is 10.1. The van der Waals surface area contributed by atoms with Gasteiger partial charge in [0.1, 0.15) is 0 Å². The minimum Gasteiger partial charge on any atom is -0.493 e. The number of ether oxygens (including phenoxy) is 2. The zero-order valence-electron chi connectivity index (χ0n) is 9.19. The Morgan fingerprint density at radius 3 is 1.64 bits per heavy atom. The van der Waals surface area contributed by atoms with Gasteiger partial charge in [-0.1, -0.05) is 11.6 Å². The van der Waals surface area contributed by atoms with Gasteiger partial charge in [0.2, 0.25) is 0 Å². The van der Waals surface area contributed by atoms with E-state index in [9.17, 15) is 0 Å². The Morgan fingerprint density at radius 2 is 1.21 bits per heavy atom. The van der Waals surface area contributed by atoms with Crippen molar-refractivity contribution in [2.24, 2.45) is 0 Å². The van der Waals surface area contributed by atoms with E-state index in [4.69, 9.17) is 21.1 Å². The maximum Gasteiger partial charge on any atom is 0.165 e. The number of methoxy groups -OCH3 is 2. The molecule has 0 aliphatic rings. The molecule has 0 amide bonds. The van der Waals surface area contributed by atoms with Crippen LogP contribution in [0.25, 0.3) is 0 Å². The molecule has 0 atom stereocenters. The van der Waals surface area contributed by atoms with Gasteiger partial charge in [0, 0.05) is 5.56 Å². The topological polar surface area (TPSA) is 18.5 Å². The molecule has 0 heterocycles. The highest BCUT2D eigenvalue weighted by Crippen LogP contribution is 2.40. The summed E-state index contributed by atoms with van der Waals surface area (Å²) in [6, 6.07) is 0. The summed E-state index contributed by atoms with van der Waals surface area (Å²) in [7, 11) is 3.26. The fourth-order valence-corrected chi connectivity index (χ4v) is 1.78. The smallest absolute Gasteiger partial charge is 0.165 e. The zero-order chi connectivity index (χ0) is 10.9. The average molecular weight is 215 g/mol. The summed E-state index contributed by atoms with van der Waals surface area (Å²) in [6.07, 6.45) is 0. The fraction of sp³-hybridized carbons (Fsp3) is 0.455. The van der Waals surface area contributed by atoms with Crippen LogP contribution in [-0.2, 0) is 0 Å². The molecule has 0 spiro atoms. The van der Waals surface area contributed by atoms with Crippen molar-refractivity contribution in [2.45, 2.75) is 20.8 Å². The van der Waals surface area contributed by atoms with Crippen molar-refractivity contribution >= 4 is 11.6 Å².